The van der Waals surface area contributed by atoms with Gasteiger partial charge >= 0.3 is 0 Å². The fourth-order valence-corrected chi connectivity index (χ4v) is 5.52. The van der Waals surface area contributed by atoms with Crippen molar-refractivity contribution in [2.75, 3.05) is 0 Å². The third kappa shape index (κ3) is 5.95. The summed E-state index contributed by atoms with van der Waals surface area (Å²) in [6.45, 7) is 0. The van der Waals surface area contributed by atoms with Crippen molar-refractivity contribution in [1.29, 1.82) is 0 Å². The molecule has 0 aromatic heterocycles. The Morgan fingerprint density at radius 1 is 0.694 bits per heavy atom. The van der Waals surface area contributed by atoms with E-state index in [-0.39, 0.29) is 0 Å². The van der Waals surface area contributed by atoms with Crippen molar-refractivity contribution in [1.82, 2.24) is 0 Å². The number of hydrogen-bond donors (Lipinski definition) is 0. The van der Waals surface area contributed by atoms with Crippen molar-refractivity contribution in [2.45, 2.75) is 37.0 Å². The normalized spacial score (nSPS) is 15.6. The molecule has 0 N–H and O–H groups in total. The first-order valence-corrected chi connectivity index (χ1v) is 13.6. The fourth-order valence-electron chi connectivity index (χ4n) is 4.83. The topological polar surface area (TPSA) is 12.4 Å². The summed E-state index contributed by atoms with van der Waals surface area (Å²) in [7, 11) is 0. The molecule has 0 saturated carbocycles. The first-order chi connectivity index (χ1) is 17.9. The first-order valence-electron chi connectivity index (χ1n) is 12.7. The summed E-state index contributed by atoms with van der Waals surface area (Å²) in [5.41, 5.74) is 4.37. The van der Waals surface area contributed by atoms with Crippen molar-refractivity contribution >= 4 is 30.1 Å². The zero-order valence-electron chi connectivity index (χ0n) is 20.5. The smallest absolute Gasteiger partial charge is 0.0351 e. The summed E-state index contributed by atoms with van der Waals surface area (Å²) in [5.74, 6) is 0. The number of thioether (sulfide) groups is 1. The van der Waals surface area contributed by atoms with E-state index in [0.29, 0.717) is 0 Å². The molecule has 0 radical (unpaired) electrons. The Morgan fingerprint density at radius 3 is 2.44 bits per heavy atom. The predicted octanol–water partition coefficient (Wildman–Crippen LogP) is 7.17. The Bertz CT molecular complexity index is 1570. The summed E-state index contributed by atoms with van der Waals surface area (Å²) >= 11 is 1.70. The summed E-state index contributed by atoms with van der Waals surface area (Å²) in [4.78, 5) is 5.35. The van der Waals surface area contributed by atoms with Gasteiger partial charge in [0.25, 0.3) is 0 Å². The SMILES string of the molecule is C1=CC=CCC=C1.C1=CSc2ccccc2C=N1.C1=c2ccc3c(c2CCC1)CC=c1ccccc1=3. The average Bonchev–Trinajstić information content (AvgIpc) is 3.39. The van der Waals surface area contributed by atoms with E-state index in [4.69, 9.17) is 0 Å². The van der Waals surface area contributed by atoms with Crippen molar-refractivity contribution in [3.8, 4) is 0 Å². The molecule has 0 amide bonds. The Balaban J connectivity index is 0.000000126. The maximum atomic E-state index is 4.09. The molecule has 0 unspecified atom stereocenters. The van der Waals surface area contributed by atoms with Crippen LogP contribution in [0.3, 0.4) is 0 Å². The van der Waals surface area contributed by atoms with Crippen molar-refractivity contribution in [3.05, 3.63) is 146 Å². The summed E-state index contributed by atoms with van der Waals surface area (Å²) in [5, 5.41) is 7.73. The molecular formula is C34H31NS. The van der Waals surface area contributed by atoms with Crippen LogP contribution >= 0.6 is 11.8 Å². The first kappa shape index (κ1) is 24.1. The van der Waals surface area contributed by atoms with Crippen LogP contribution in [0.25, 0.3) is 12.2 Å². The maximum Gasteiger partial charge on any atom is 0.0351 e. The highest BCUT2D eigenvalue weighted by molar-refractivity contribution is 8.02. The molecule has 3 aliphatic carbocycles. The van der Waals surface area contributed by atoms with Crippen LogP contribution in [0.2, 0.25) is 0 Å². The van der Waals surface area contributed by atoms with Gasteiger partial charge in [-0.15, -0.1) is 0 Å². The Hall–Kier alpha value is -3.62. The zero-order chi connectivity index (χ0) is 24.4. The van der Waals surface area contributed by atoms with E-state index in [1.165, 1.54) is 50.6 Å². The summed E-state index contributed by atoms with van der Waals surface area (Å²) < 4.78 is 0. The van der Waals surface area contributed by atoms with Gasteiger partial charge in [0.1, 0.15) is 0 Å². The zero-order valence-corrected chi connectivity index (χ0v) is 21.3. The molecule has 178 valence electrons. The van der Waals surface area contributed by atoms with Gasteiger partial charge in [-0.1, -0.05) is 115 Å². The standard InChI is InChI=1S/C18H16.C9H7NS.C7H8/c1-3-7-15-13(5-1)9-11-18-16-8-4-2-6-14(16)10-12-17(15)18;1-2-4-9-8(3-1)7-10-5-6-11-9;1-2-4-6-7-5-3-1/h1,3,5-7,9-10,12H,2,4,8,11H2;1-7H;1-6H,7H2. The Labute approximate surface area is 218 Å². The van der Waals surface area contributed by atoms with E-state index in [1.807, 2.05) is 42.1 Å². The van der Waals surface area contributed by atoms with Crippen LogP contribution in [0.5, 0.6) is 0 Å². The molecule has 0 saturated heterocycles. The molecule has 0 fully saturated rings. The van der Waals surface area contributed by atoms with Crippen molar-refractivity contribution in [3.63, 3.8) is 0 Å². The van der Waals surface area contributed by atoms with Gasteiger partial charge in [0.2, 0.25) is 0 Å². The number of allylic oxidation sites excluding steroid dienone is 6. The van der Waals surface area contributed by atoms with Gasteiger partial charge in [0, 0.05) is 22.9 Å². The van der Waals surface area contributed by atoms with Crippen LogP contribution in [0.1, 0.15) is 36.0 Å². The lowest BCUT2D eigenvalue weighted by molar-refractivity contribution is 0.824. The molecule has 0 spiro atoms. The number of rotatable bonds is 0. The molecule has 0 bridgehead atoms. The molecule has 1 nitrogen and oxygen atoms in total. The fraction of sp³-hybridized carbons (Fsp3) is 0.147. The molecule has 3 aromatic rings. The highest BCUT2D eigenvalue weighted by Crippen LogP contribution is 2.24. The molecule has 1 heterocycles. The average molecular weight is 486 g/mol. The second-order valence-corrected chi connectivity index (χ2v) is 9.89. The van der Waals surface area contributed by atoms with E-state index in [0.717, 1.165) is 12.8 Å². The summed E-state index contributed by atoms with van der Waals surface area (Å²) in [6, 6.07) is 21.6. The largest absolute Gasteiger partial charge is 0.264 e. The number of aliphatic imine (C=N–C) groups is 1. The van der Waals surface area contributed by atoms with Crippen LogP contribution in [0.15, 0.2) is 119 Å². The van der Waals surface area contributed by atoms with Gasteiger partial charge in [0.15, 0.2) is 0 Å². The van der Waals surface area contributed by atoms with Crippen LogP contribution in [-0.2, 0) is 12.8 Å². The van der Waals surface area contributed by atoms with E-state index in [2.05, 4.69) is 90.0 Å². The Morgan fingerprint density at radius 2 is 1.53 bits per heavy atom. The van der Waals surface area contributed by atoms with Crippen molar-refractivity contribution < 1.29 is 0 Å². The lowest BCUT2D eigenvalue weighted by Gasteiger charge is -2.16. The van der Waals surface area contributed by atoms with Gasteiger partial charge in [-0.05, 0) is 75.6 Å². The molecule has 36 heavy (non-hydrogen) atoms. The molecule has 3 aromatic carbocycles. The van der Waals surface area contributed by atoms with Gasteiger partial charge in [-0.25, -0.2) is 0 Å². The number of nitrogens with zero attached hydrogens (tertiary/aromatic N) is 1. The maximum absolute atomic E-state index is 4.09. The van der Waals surface area contributed by atoms with Gasteiger partial charge in [-0.3, -0.25) is 4.99 Å². The van der Waals surface area contributed by atoms with Crippen LogP contribution in [-0.4, -0.2) is 6.21 Å². The second-order valence-electron chi connectivity index (χ2n) is 8.95. The lowest BCUT2D eigenvalue weighted by Crippen LogP contribution is -2.19. The molecule has 1 aliphatic heterocycles. The van der Waals surface area contributed by atoms with E-state index < -0.39 is 0 Å². The van der Waals surface area contributed by atoms with Crippen LogP contribution in [0.4, 0.5) is 0 Å². The minimum Gasteiger partial charge on any atom is -0.264 e. The molecule has 2 heteroatoms. The molecule has 4 aliphatic rings. The van der Waals surface area contributed by atoms with Gasteiger partial charge in [0.05, 0.1) is 0 Å². The molecular weight excluding hydrogens is 454 g/mol. The minimum atomic E-state index is 1.08. The third-order valence-electron chi connectivity index (χ3n) is 6.59. The monoisotopic (exact) mass is 485 g/mol. The van der Waals surface area contributed by atoms with Gasteiger partial charge < -0.3 is 0 Å². The highest BCUT2D eigenvalue weighted by atomic mass is 32.2. The molecule has 0 atom stereocenters. The number of benzene rings is 3. The summed E-state index contributed by atoms with van der Waals surface area (Å²) in [6.07, 6.45) is 26.9. The van der Waals surface area contributed by atoms with E-state index >= 15 is 0 Å². The van der Waals surface area contributed by atoms with Gasteiger partial charge in [-0.2, -0.15) is 0 Å². The minimum absolute atomic E-state index is 1.08. The predicted molar refractivity (Wildman–Crippen MR) is 156 cm³/mol. The highest BCUT2D eigenvalue weighted by Gasteiger charge is 2.10. The van der Waals surface area contributed by atoms with E-state index in [9.17, 15) is 0 Å². The lowest BCUT2D eigenvalue weighted by atomic mass is 9.89. The number of hydrogen-bond acceptors (Lipinski definition) is 2. The quantitative estimate of drug-likeness (QED) is 0.329. The Kier molecular flexibility index (Phi) is 8.28. The van der Waals surface area contributed by atoms with E-state index in [1.54, 1.807) is 22.9 Å². The second kappa shape index (κ2) is 12.4. The molecule has 7 rings (SSSR count). The number of fused-ring (bicyclic) bond motifs is 5. The third-order valence-corrected chi connectivity index (χ3v) is 7.48. The van der Waals surface area contributed by atoms with Crippen LogP contribution < -0.4 is 10.4 Å². The van der Waals surface area contributed by atoms with Crippen molar-refractivity contribution in [2.24, 2.45) is 4.99 Å². The van der Waals surface area contributed by atoms with Crippen LogP contribution in [0, 0.1) is 10.4 Å².